The molecule has 0 heterocycles. The van der Waals surface area contributed by atoms with E-state index in [1.54, 1.807) is 5.57 Å². The summed E-state index contributed by atoms with van der Waals surface area (Å²) in [6, 6.07) is 0. The van der Waals surface area contributed by atoms with Crippen LogP contribution in [0.5, 0.6) is 0 Å². The van der Waals surface area contributed by atoms with Gasteiger partial charge in [0.15, 0.2) is 0 Å². The van der Waals surface area contributed by atoms with E-state index in [1.807, 2.05) is 0 Å². The summed E-state index contributed by atoms with van der Waals surface area (Å²) in [5.41, 5.74) is 3.35. The van der Waals surface area contributed by atoms with Crippen LogP contribution in [0.1, 0.15) is 99.8 Å². The molecule has 0 aromatic rings. The van der Waals surface area contributed by atoms with Crippen molar-refractivity contribution in [2.75, 3.05) is 0 Å². The first-order valence-electron chi connectivity index (χ1n) is 13.2. The van der Waals surface area contributed by atoms with E-state index in [9.17, 15) is 10.2 Å². The Kier molecular flexibility index (Phi) is 6.09. The van der Waals surface area contributed by atoms with Crippen LogP contribution in [0.15, 0.2) is 23.3 Å². The van der Waals surface area contributed by atoms with E-state index in [2.05, 4.69) is 60.6 Å². The van der Waals surface area contributed by atoms with E-state index < -0.39 is 0 Å². The van der Waals surface area contributed by atoms with Gasteiger partial charge in [0.25, 0.3) is 0 Å². The van der Waals surface area contributed by atoms with Gasteiger partial charge in [0.1, 0.15) is 0 Å². The van der Waals surface area contributed by atoms with Gasteiger partial charge in [0.2, 0.25) is 0 Å². The van der Waals surface area contributed by atoms with Crippen molar-refractivity contribution in [1.82, 2.24) is 0 Å². The Morgan fingerprint density at radius 3 is 2.32 bits per heavy atom. The summed E-state index contributed by atoms with van der Waals surface area (Å²) < 4.78 is 0. The quantitative estimate of drug-likeness (QED) is 0.499. The van der Waals surface area contributed by atoms with Crippen LogP contribution in [-0.4, -0.2) is 22.4 Å². The number of aliphatic hydroxyl groups is 2. The summed E-state index contributed by atoms with van der Waals surface area (Å²) in [6.45, 7) is 16.5. The number of aliphatic hydroxyl groups excluding tert-OH is 2. The van der Waals surface area contributed by atoms with Crippen LogP contribution in [0.25, 0.3) is 0 Å². The molecule has 4 aliphatic carbocycles. The lowest BCUT2D eigenvalue weighted by molar-refractivity contribution is -0.0221. The van der Waals surface area contributed by atoms with Crippen LogP contribution in [0.4, 0.5) is 0 Å². The van der Waals surface area contributed by atoms with Gasteiger partial charge in [0.05, 0.1) is 12.2 Å². The Morgan fingerprint density at radius 2 is 1.65 bits per heavy atom. The lowest BCUT2D eigenvalue weighted by Gasteiger charge is -2.58. The summed E-state index contributed by atoms with van der Waals surface area (Å²) >= 11 is 0. The Balaban J connectivity index is 1.62. The predicted molar refractivity (Wildman–Crippen MR) is 130 cm³/mol. The minimum absolute atomic E-state index is 0.140. The molecule has 2 heteroatoms. The van der Waals surface area contributed by atoms with Gasteiger partial charge in [-0.15, -0.1) is 0 Å². The van der Waals surface area contributed by atoms with E-state index >= 15 is 0 Å². The summed E-state index contributed by atoms with van der Waals surface area (Å²) in [7, 11) is 0. The molecule has 4 rings (SSSR count). The monoisotopic (exact) mass is 428 g/mol. The van der Waals surface area contributed by atoms with Crippen molar-refractivity contribution in [3.05, 3.63) is 23.3 Å². The molecule has 3 saturated carbocycles. The first kappa shape index (κ1) is 23.6. The van der Waals surface area contributed by atoms with E-state index in [-0.39, 0.29) is 28.5 Å². The van der Waals surface area contributed by atoms with Crippen molar-refractivity contribution in [2.24, 2.45) is 45.8 Å². The SMILES string of the molecule is CC(C)CCC[C@@H](C)[C@H]1[C@@H](O)C[C@H]2C3=CC=C4C(C)(C)[C@@H](O)CC[C@]4(C)[C@H]3CC[C@]12C. The smallest absolute Gasteiger partial charge is 0.0628 e. The molecule has 176 valence electrons. The zero-order chi connectivity index (χ0) is 22.8. The van der Waals surface area contributed by atoms with E-state index in [1.165, 1.54) is 37.7 Å². The fraction of sp³-hybridized carbons (Fsp3) is 0.862. The molecule has 31 heavy (non-hydrogen) atoms. The molecule has 3 fully saturated rings. The van der Waals surface area contributed by atoms with Gasteiger partial charge in [-0.25, -0.2) is 0 Å². The molecule has 2 nitrogen and oxygen atoms in total. The van der Waals surface area contributed by atoms with Gasteiger partial charge in [-0.2, -0.15) is 0 Å². The second kappa shape index (κ2) is 8.01. The second-order valence-electron chi connectivity index (χ2n) is 13.2. The zero-order valence-corrected chi connectivity index (χ0v) is 21.2. The maximum atomic E-state index is 11.3. The highest BCUT2D eigenvalue weighted by Crippen LogP contribution is 2.67. The van der Waals surface area contributed by atoms with Crippen molar-refractivity contribution in [2.45, 2.75) is 112 Å². The minimum Gasteiger partial charge on any atom is -0.393 e. The van der Waals surface area contributed by atoms with Crippen LogP contribution in [0, 0.1) is 45.8 Å². The van der Waals surface area contributed by atoms with Crippen LogP contribution >= 0.6 is 0 Å². The largest absolute Gasteiger partial charge is 0.393 e. The summed E-state index contributed by atoms with van der Waals surface area (Å²) in [4.78, 5) is 0. The lowest BCUT2D eigenvalue weighted by Crippen LogP contribution is -2.51. The van der Waals surface area contributed by atoms with Gasteiger partial charge >= 0.3 is 0 Å². The lowest BCUT2D eigenvalue weighted by atomic mass is 9.46. The first-order chi connectivity index (χ1) is 14.4. The molecule has 0 spiro atoms. The highest BCUT2D eigenvalue weighted by Gasteiger charge is 2.61. The molecule has 0 bridgehead atoms. The summed E-state index contributed by atoms with van der Waals surface area (Å²) in [5.74, 6) is 2.89. The third-order valence-corrected chi connectivity index (χ3v) is 10.6. The van der Waals surface area contributed by atoms with Gasteiger partial charge < -0.3 is 10.2 Å². The molecule has 0 aromatic carbocycles. The Morgan fingerprint density at radius 1 is 0.935 bits per heavy atom. The van der Waals surface area contributed by atoms with Crippen LogP contribution < -0.4 is 0 Å². The van der Waals surface area contributed by atoms with E-state index in [4.69, 9.17) is 0 Å². The Bertz CT molecular complexity index is 746. The van der Waals surface area contributed by atoms with Crippen LogP contribution in [0.3, 0.4) is 0 Å². The Labute approximate surface area is 191 Å². The van der Waals surface area contributed by atoms with Gasteiger partial charge in [0, 0.05) is 5.41 Å². The van der Waals surface area contributed by atoms with Crippen molar-refractivity contribution < 1.29 is 10.2 Å². The molecule has 8 atom stereocenters. The fourth-order valence-corrected chi connectivity index (χ4v) is 8.82. The summed E-state index contributed by atoms with van der Waals surface area (Å²) in [5, 5.41) is 22.0. The van der Waals surface area contributed by atoms with Crippen molar-refractivity contribution >= 4 is 0 Å². The molecule has 0 amide bonds. The first-order valence-corrected chi connectivity index (χ1v) is 13.2. The topological polar surface area (TPSA) is 40.5 Å². The number of hydrogen-bond acceptors (Lipinski definition) is 2. The molecule has 0 aromatic heterocycles. The van der Waals surface area contributed by atoms with Crippen molar-refractivity contribution in [3.8, 4) is 0 Å². The maximum Gasteiger partial charge on any atom is 0.0628 e. The fourth-order valence-electron chi connectivity index (χ4n) is 8.82. The molecule has 0 saturated heterocycles. The van der Waals surface area contributed by atoms with Crippen LogP contribution in [-0.2, 0) is 0 Å². The second-order valence-corrected chi connectivity index (χ2v) is 13.2. The molecule has 2 N–H and O–H groups in total. The molecule has 4 aliphatic rings. The third kappa shape index (κ3) is 3.59. The average Bonchev–Trinajstić information content (AvgIpc) is 2.95. The van der Waals surface area contributed by atoms with Crippen molar-refractivity contribution in [3.63, 3.8) is 0 Å². The molecule has 0 unspecified atom stereocenters. The highest BCUT2D eigenvalue weighted by atomic mass is 16.3. The molecular formula is C29H48O2. The van der Waals surface area contributed by atoms with Gasteiger partial charge in [-0.1, -0.05) is 91.0 Å². The van der Waals surface area contributed by atoms with Crippen LogP contribution in [0.2, 0.25) is 0 Å². The van der Waals surface area contributed by atoms with Crippen molar-refractivity contribution in [1.29, 1.82) is 0 Å². The van der Waals surface area contributed by atoms with Gasteiger partial charge in [-0.3, -0.25) is 0 Å². The molecule has 0 aliphatic heterocycles. The molecular weight excluding hydrogens is 380 g/mol. The number of allylic oxidation sites excluding steroid dienone is 3. The standard InChI is InChI=1S/C29H48O2/c1-18(2)9-8-10-19(3)26-23(30)17-22-20-11-12-24-27(4,5)25(31)14-16-28(24,6)21(20)13-15-29(22,26)7/h11-12,18-19,21-23,25-26,30-31H,8-10,13-17H2,1-7H3/t19-,21+,22+,23+,25+,26+,28-,29+/m1/s1. The minimum atomic E-state index is -0.236. The number of fused-ring (bicyclic) bond motifs is 5. The zero-order valence-electron chi connectivity index (χ0n) is 21.2. The summed E-state index contributed by atoms with van der Waals surface area (Å²) in [6.07, 6.45) is 13.7. The van der Waals surface area contributed by atoms with E-state index in [0.717, 1.165) is 25.2 Å². The number of rotatable bonds is 5. The number of hydrogen-bond donors (Lipinski definition) is 2. The Hall–Kier alpha value is -0.600. The van der Waals surface area contributed by atoms with Gasteiger partial charge in [-0.05, 0) is 72.5 Å². The maximum absolute atomic E-state index is 11.3. The average molecular weight is 429 g/mol. The molecule has 0 radical (unpaired) electrons. The predicted octanol–water partition coefficient (Wildman–Crippen LogP) is 6.92. The highest BCUT2D eigenvalue weighted by molar-refractivity contribution is 5.42. The third-order valence-electron chi connectivity index (χ3n) is 10.6. The van der Waals surface area contributed by atoms with E-state index in [0.29, 0.717) is 23.7 Å². The normalized spacial score (nSPS) is 44.8.